The van der Waals surface area contributed by atoms with E-state index < -0.39 is 11.8 Å². The minimum absolute atomic E-state index is 0.109. The smallest absolute Gasteiger partial charge is 0.316 e. The predicted octanol–water partition coefficient (Wildman–Crippen LogP) is 2.07. The third-order valence-electron chi connectivity index (χ3n) is 4.59. The molecule has 0 fully saturated rings. The van der Waals surface area contributed by atoms with Crippen molar-refractivity contribution in [1.29, 1.82) is 0 Å². The predicted molar refractivity (Wildman–Crippen MR) is 99.8 cm³/mol. The fourth-order valence-corrected chi connectivity index (χ4v) is 3.29. The molecule has 2 aromatic carbocycles. The van der Waals surface area contributed by atoms with Crippen LogP contribution in [0.5, 0.6) is 0 Å². The van der Waals surface area contributed by atoms with Gasteiger partial charge in [-0.2, -0.15) is 0 Å². The largest absolute Gasteiger partial charge is 0.341 e. The van der Waals surface area contributed by atoms with Crippen LogP contribution in [0.4, 0.5) is 5.95 Å². The van der Waals surface area contributed by atoms with E-state index >= 15 is 0 Å². The van der Waals surface area contributed by atoms with Crippen molar-refractivity contribution in [1.82, 2.24) is 20.1 Å². The molecule has 0 spiro atoms. The third-order valence-corrected chi connectivity index (χ3v) is 4.59. The van der Waals surface area contributed by atoms with Crippen molar-refractivity contribution >= 4 is 17.8 Å². The lowest BCUT2D eigenvalue weighted by Crippen LogP contribution is -2.37. The normalized spacial score (nSPS) is 15.2. The number of rotatable bonds is 4. The maximum Gasteiger partial charge on any atom is 0.316 e. The molecule has 2 N–H and O–H groups in total. The number of carbonyl (C=O) groups is 2. The zero-order valence-corrected chi connectivity index (χ0v) is 14.6. The highest BCUT2D eigenvalue weighted by molar-refractivity contribution is 6.39. The molecule has 2 amide bonds. The van der Waals surface area contributed by atoms with E-state index in [1.165, 1.54) is 11.9 Å². The summed E-state index contributed by atoms with van der Waals surface area (Å²) in [5.74, 6) is -1.34. The lowest BCUT2D eigenvalue weighted by atomic mass is 10.1. The summed E-state index contributed by atoms with van der Waals surface area (Å²) < 4.78 is 1.61. The molecule has 7 nitrogen and oxygen atoms in total. The summed E-state index contributed by atoms with van der Waals surface area (Å²) in [4.78, 5) is 28.4. The van der Waals surface area contributed by atoms with Crippen LogP contribution in [0.15, 0.2) is 60.9 Å². The number of hydrogen-bond donors (Lipinski definition) is 2. The van der Waals surface area contributed by atoms with Crippen LogP contribution in [0.2, 0.25) is 0 Å². The lowest BCUT2D eigenvalue weighted by Gasteiger charge is -2.13. The van der Waals surface area contributed by atoms with Crippen LogP contribution in [-0.2, 0) is 22.6 Å². The van der Waals surface area contributed by atoms with Gasteiger partial charge in [0, 0.05) is 0 Å². The average molecular weight is 361 g/mol. The third kappa shape index (κ3) is 3.87. The van der Waals surface area contributed by atoms with Crippen LogP contribution in [0, 0.1) is 0 Å². The van der Waals surface area contributed by atoms with E-state index in [0.717, 1.165) is 24.0 Å². The molecule has 3 aromatic rings. The molecule has 1 aromatic heterocycles. The highest BCUT2D eigenvalue weighted by Crippen LogP contribution is 2.30. The second-order valence-corrected chi connectivity index (χ2v) is 6.47. The summed E-state index contributed by atoms with van der Waals surface area (Å²) in [6.45, 7) is 0.536. The van der Waals surface area contributed by atoms with Gasteiger partial charge in [-0.05, 0) is 29.5 Å². The second-order valence-electron chi connectivity index (χ2n) is 6.47. The zero-order valence-electron chi connectivity index (χ0n) is 14.6. The molecular weight excluding hydrogens is 342 g/mol. The monoisotopic (exact) mass is 361 g/mol. The van der Waals surface area contributed by atoms with Gasteiger partial charge in [-0.3, -0.25) is 14.9 Å². The van der Waals surface area contributed by atoms with Crippen molar-refractivity contribution in [2.45, 2.75) is 25.4 Å². The minimum Gasteiger partial charge on any atom is -0.341 e. The molecular formula is C20H19N5O2. The van der Waals surface area contributed by atoms with E-state index in [-0.39, 0.29) is 12.0 Å². The van der Waals surface area contributed by atoms with Gasteiger partial charge in [-0.25, -0.2) is 9.67 Å². The summed E-state index contributed by atoms with van der Waals surface area (Å²) in [7, 11) is 0. The second kappa shape index (κ2) is 7.41. The Bertz CT molecular complexity index is 967. The first kappa shape index (κ1) is 17.0. The van der Waals surface area contributed by atoms with Crippen molar-refractivity contribution in [3.63, 3.8) is 0 Å². The maximum absolute atomic E-state index is 12.2. The van der Waals surface area contributed by atoms with Gasteiger partial charge in [-0.15, -0.1) is 5.10 Å². The highest BCUT2D eigenvalue weighted by atomic mass is 16.2. The van der Waals surface area contributed by atoms with Crippen LogP contribution < -0.4 is 10.6 Å². The maximum atomic E-state index is 12.2. The van der Waals surface area contributed by atoms with Gasteiger partial charge < -0.3 is 5.32 Å². The molecule has 27 heavy (non-hydrogen) atoms. The van der Waals surface area contributed by atoms with E-state index in [0.29, 0.717) is 6.54 Å². The fourth-order valence-electron chi connectivity index (χ4n) is 3.29. The van der Waals surface area contributed by atoms with E-state index in [2.05, 4.69) is 20.7 Å². The molecule has 1 aliphatic carbocycles. The first-order valence-corrected chi connectivity index (χ1v) is 8.82. The SMILES string of the molecule is O=C(Nc1ncn(Cc2ccccc2)n1)C(=O)NC1CCc2ccccc21. The Morgan fingerprint density at radius 2 is 1.81 bits per heavy atom. The van der Waals surface area contributed by atoms with Crippen LogP contribution in [0.1, 0.15) is 29.2 Å². The zero-order chi connectivity index (χ0) is 18.6. The van der Waals surface area contributed by atoms with Crippen LogP contribution in [0.3, 0.4) is 0 Å². The number of benzene rings is 2. The molecule has 1 atom stereocenters. The van der Waals surface area contributed by atoms with Gasteiger partial charge in [0.25, 0.3) is 0 Å². The van der Waals surface area contributed by atoms with E-state index in [1.54, 1.807) is 4.68 Å². The molecule has 7 heteroatoms. The first-order chi connectivity index (χ1) is 13.2. The number of aromatic nitrogens is 3. The number of nitrogens with zero attached hydrogens (tertiary/aromatic N) is 3. The molecule has 1 aliphatic rings. The lowest BCUT2D eigenvalue weighted by molar-refractivity contribution is -0.136. The Kier molecular flexibility index (Phi) is 4.65. The van der Waals surface area contributed by atoms with E-state index in [4.69, 9.17) is 0 Å². The quantitative estimate of drug-likeness (QED) is 0.696. The number of amides is 2. The molecule has 0 aliphatic heterocycles. The highest BCUT2D eigenvalue weighted by Gasteiger charge is 2.26. The summed E-state index contributed by atoms with van der Waals surface area (Å²) in [6, 6.07) is 17.6. The van der Waals surface area contributed by atoms with Gasteiger partial charge in [-0.1, -0.05) is 54.6 Å². The van der Waals surface area contributed by atoms with E-state index in [1.807, 2.05) is 54.6 Å². The van der Waals surface area contributed by atoms with Crippen molar-refractivity contribution in [3.05, 3.63) is 77.6 Å². The fraction of sp³-hybridized carbons (Fsp3) is 0.200. The van der Waals surface area contributed by atoms with Gasteiger partial charge >= 0.3 is 11.8 Å². The van der Waals surface area contributed by atoms with Crippen molar-refractivity contribution in [3.8, 4) is 0 Å². The molecule has 4 rings (SSSR count). The Morgan fingerprint density at radius 1 is 1.04 bits per heavy atom. The average Bonchev–Trinajstić information content (AvgIpc) is 3.30. The molecule has 0 bridgehead atoms. The Labute approximate surface area is 156 Å². The molecule has 1 heterocycles. The molecule has 0 saturated heterocycles. The molecule has 136 valence electrons. The molecule has 0 saturated carbocycles. The molecule has 0 radical (unpaired) electrons. The minimum atomic E-state index is -0.767. The van der Waals surface area contributed by atoms with Crippen molar-refractivity contribution in [2.24, 2.45) is 0 Å². The number of nitrogens with one attached hydrogen (secondary N) is 2. The van der Waals surface area contributed by atoms with Gasteiger partial charge in [0.15, 0.2) is 0 Å². The number of anilines is 1. The first-order valence-electron chi connectivity index (χ1n) is 8.82. The number of fused-ring (bicyclic) bond motifs is 1. The van der Waals surface area contributed by atoms with Gasteiger partial charge in [0.2, 0.25) is 5.95 Å². The summed E-state index contributed by atoms with van der Waals surface area (Å²) in [5, 5.41) is 9.43. The summed E-state index contributed by atoms with van der Waals surface area (Å²) >= 11 is 0. The Morgan fingerprint density at radius 3 is 2.67 bits per heavy atom. The Balaban J connectivity index is 1.35. The standard InChI is InChI=1S/C20H19N5O2/c26-18(22-17-11-10-15-8-4-5-9-16(15)17)19(27)23-20-21-13-25(24-20)12-14-6-2-1-3-7-14/h1-9,13,17H,10-12H2,(H,22,26)(H,23,24,27). The van der Waals surface area contributed by atoms with Crippen molar-refractivity contribution < 1.29 is 9.59 Å². The number of carbonyl (C=O) groups excluding carboxylic acids is 2. The summed E-state index contributed by atoms with van der Waals surface area (Å²) in [6.07, 6.45) is 3.21. The topological polar surface area (TPSA) is 88.9 Å². The molecule has 1 unspecified atom stereocenters. The number of hydrogen-bond acceptors (Lipinski definition) is 4. The number of aryl methyl sites for hydroxylation is 1. The summed E-state index contributed by atoms with van der Waals surface area (Å²) in [5.41, 5.74) is 3.35. The van der Waals surface area contributed by atoms with Crippen molar-refractivity contribution in [2.75, 3.05) is 5.32 Å². The Hall–Kier alpha value is -3.48. The van der Waals surface area contributed by atoms with E-state index in [9.17, 15) is 9.59 Å². The van der Waals surface area contributed by atoms with Gasteiger partial charge in [0.1, 0.15) is 6.33 Å². The van der Waals surface area contributed by atoms with Crippen LogP contribution in [0.25, 0.3) is 0 Å². The van der Waals surface area contributed by atoms with Crippen LogP contribution >= 0.6 is 0 Å². The van der Waals surface area contributed by atoms with Gasteiger partial charge in [0.05, 0.1) is 12.6 Å². The van der Waals surface area contributed by atoms with Crippen LogP contribution in [-0.4, -0.2) is 26.6 Å².